The monoisotopic (exact) mass is 294 g/mol. The second-order valence-corrected chi connectivity index (χ2v) is 5.13. The zero-order valence-electron chi connectivity index (χ0n) is 12.8. The van der Waals surface area contributed by atoms with Crippen molar-refractivity contribution in [1.29, 1.82) is 0 Å². The van der Waals surface area contributed by atoms with Crippen molar-refractivity contribution in [2.45, 2.75) is 19.4 Å². The van der Waals surface area contributed by atoms with E-state index < -0.39 is 0 Å². The van der Waals surface area contributed by atoms with Gasteiger partial charge in [-0.05, 0) is 13.0 Å². The van der Waals surface area contributed by atoms with Crippen molar-refractivity contribution in [2.24, 2.45) is 0 Å². The Hall–Kier alpha value is -1.89. The molecule has 2 rings (SSSR count). The summed E-state index contributed by atoms with van der Waals surface area (Å²) in [6.07, 6.45) is 0.768. The molecule has 1 atom stereocenters. The molecule has 0 spiro atoms. The number of hydrogen-bond donors (Lipinski definition) is 0. The minimum atomic E-state index is -0.0323. The molecule has 0 saturated carbocycles. The van der Waals surface area contributed by atoms with Crippen LogP contribution >= 0.6 is 0 Å². The molecule has 7 nitrogen and oxygen atoms in total. The van der Waals surface area contributed by atoms with Gasteiger partial charge in [-0.2, -0.15) is 0 Å². The van der Waals surface area contributed by atoms with E-state index in [4.69, 9.17) is 9.47 Å². The molecule has 1 aromatic rings. The van der Waals surface area contributed by atoms with Gasteiger partial charge >= 0.3 is 0 Å². The molecule has 21 heavy (non-hydrogen) atoms. The molecule has 0 aliphatic carbocycles. The molecule has 1 unspecified atom stereocenters. The molecule has 0 radical (unpaired) electrons. The molecule has 7 heteroatoms. The van der Waals surface area contributed by atoms with Crippen LogP contribution in [0.1, 0.15) is 13.3 Å². The second kappa shape index (κ2) is 7.21. The third-order valence-corrected chi connectivity index (χ3v) is 3.30. The maximum absolute atomic E-state index is 11.8. The molecule has 1 amide bonds. The molecule has 0 bridgehead atoms. The topological polar surface area (TPSA) is 67.8 Å². The summed E-state index contributed by atoms with van der Waals surface area (Å²) in [5.74, 6) is 1.28. The molecular formula is C14H22N4O3. The summed E-state index contributed by atoms with van der Waals surface area (Å²) in [7, 11) is 3.81. The molecular weight excluding hydrogens is 272 g/mol. The second-order valence-electron chi connectivity index (χ2n) is 5.13. The molecule has 2 heterocycles. The molecule has 1 aliphatic rings. The highest BCUT2D eigenvalue weighted by atomic mass is 16.5. The Kier molecular flexibility index (Phi) is 5.32. The van der Waals surface area contributed by atoms with Crippen LogP contribution in [-0.2, 0) is 9.53 Å². The minimum Gasteiger partial charge on any atom is -0.471 e. The van der Waals surface area contributed by atoms with Gasteiger partial charge in [0.2, 0.25) is 11.8 Å². The van der Waals surface area contributed by atoms with E-state index in [1.165, 1.54) is 0 Å². The fourth-order valence-electron chi connectivity index (χ4n) is 2.12. The van der Waals surface area contributed by atoms with E-state index in [-0.39, 0.29) is 18.6 Å². The van der Waals surface area contributed by atoms with Gasteiger partial charge in [-0.1, -0.05) is 0 Å². The normalized spacial score (nSPS) is 17.9. The van der Waals surface area contributed by atoms with Crippen LogP contribution in [0.5, 0.6) is 5.88 Å². The van der Waals surface area contributed by atoms with E-state index in [1.807, 2.05) is 32.0 Å². The lowest BCUT2D eigenvalue weighted by molar-refractivity contribution is -0.135. The smallest absolute Gasteiger partial charge is 0.248 e. The van der Waals surface area contributed by atoms with Gasteiger partial charge in [0.25, 0.3) is 0 Å². The summed E-state index contributed by atoms with van der Waals surface area (Å²) >= 11 is 0. The summed E-state index contributed by atoms with van der Waals surface area (Å²) in [6.45, 7) is 3.83. The summed E-state index contributed by atoms with van der Waals surface area (Å²) in [4.78, 5) is 15.5. The Morgan fingerprint density at radius 3 is 2.86 bits per heavy atom. The lowest BCUT2D eigenvalue weighted by Gasteiger charge is -2.17. The molecule has 1 fully saturated rings. The average Bonchev–Trinajstić information content (AvgIpc) is 2.94. The van der Waals surface area contributed by atoms with Crippen LogP contribution in [0.4, 0.5) is 5.82 Å². The molecule has 1 aromatic heterocycles. The predicted molar refractivity (Wildman–Crippen MR) is 78.5 cm³/mol. The fourth-order valence-corrected chi connectivity index (χ4v) is 2.12. The summed E-state index contributed by atoms with van der Waals surface area (Å²) < 4.78 is 10.9. The number of carbonyl (C=O) groups excluding carboxylic acids is 1. The van der Waals surface area contributed by atoms with E-state index in [2.05, 4.69) is 10.2 Å². The third kappa shape index (κ3) is 4.29. The first-order chi connectivity index (χ1) is 10.1. The van der Waals surface area contributed by atoms with Crippen LogP contribution in [0.15, 0.2) is 12.1 Å². The van der Waals surface area contributed by atoms with Crippen molar-refractivity contribution in [3.63, 3.8) is 0 Å². The van der Waals surface area contributed by atoms with E-state index in [1.54, 1.807) is 11.0 Å². The van der Waals surface area contributed by atoms with Crippen LogP contribution in [0.2, 0.25) is 0 Å². The molecule has 1 aliphatic heterocycles. The Balaban J connectivity index is 1.83. The summed E-state index contributed by atoms with van der Waals surface area (Å²) in [5.41, 5.74) is 0. The Morgan fingerprint density at radius 1 is 1.43 bits per heavy atom. The number of anilines is 1. The quantitative estimate of drug-likeness (QED) is 0.763. The van der Waals surface area contributed by atoms with Gasteiger partial charge in [0.15, 0.2) is 5.82 Å². The van der Waals surface area contributed by atoms with Crippen molar-refractivity contribution < 1.29 is 14.3 Å². The summed E-state index contributed by atoms with van der Waals surface area (Å²) in [6, 6.07) is 3.66. The van der Waals surface area contributed by atoms with Crippen LogP contribution < -0.4 is 9.64 Å². The number of ether oxygens (including phenoxy) is 2. The zero-order chi connectivity index (χ0) is 15.2. The lowest BCUT2D eigenvalue weighted by Crippen LogP contribution is -2.33. The van der Waals surface area contributed by atoms with Crippen molar-refractivity contribution in [3.05, 3.63) is 12.1 Å². The van der Waals surface area contributed by atoms with E-state index in [0.29, 0.717) is 25.6 Å². The lowest BCUT2D eigenvalue weighted by atomic mass is 10.3. The van der Waals surface area contributed by atoms with Gasteiger partial charge in [-0.3, -0.25) is 4.79 Å². The zero-order valence-corrected chi connectivity index (χ0v) is 12.8. The Morgan fingerprint density at radius 2 is 2.24 bits per heavy atom. The van der Waals surface area contributed by atoms with E-state index >= 15 is 0 Å². The first kappa shape index (κ1) is 15.5. The van der Waals surface area contributed by atoms with E-state index in [0.717, 1.165) is 12.2 Å². The van der Waals surface area contributed by atoms with Crippen molar-refractivity contribution in [1.82, 2.24) is 15.1 Å². The highest BCUT2D eigenvalue weighted by Crippen LogP contribution is 2.17. The Bertz CT molecular complexity index is 464. The number of amides is 1. The van der Waals surface area contributed by atoms with E-state index in [9.17, 15) is 4.79 Å². The predicted octanol–water partition coefficient (Wildman–Crippen LogP) is 0.559. The van der Waals surface area contributed by atoms with Crippen LogP contribution in [-0.4, -0.2) is 67.5 Å². The first-order valence-corrected chi connectivity index (χ1v) is 7.13. The largest absolute Gasteiger partial charge is 0.471 e. The SMILES string of the molecule is CCOCC(=O)N1CCC(Oc2ccc(N(C)C)nn2)C1. The summed E-state index contributed by atoms with van der Waals surface area (Å²) in [5, 5.41) is 8.11. The minimum absolute atomic E-state index is 0.0111. The maximum atomic E-state index is 11.8. The molecule has 116 valence electrons. The third-order valence-electron chi connectivity index (χ3n) is 3.30. The maximum Gasteiger partial charge on any atom is 0.248 e. The van der Waals surface area contributed by atoms with Crippen molar-refractivity contribution in [2.75, 3.05) is 45.3 Å². The number of hydrogen-bond acceptors (Lipinski definition) is 6. The Labute approximate surface area is 124 Å². The molecule has 0 N–H and O–H groups in total. The first-order valence-electron chi connectivity index (χ1n) is 7.13. The van der Waals surface area contributed by atoms with Crippen LogP contribution in [0.25, 0.3) is 0 Å². The van der Waals surface area contributed by atoms with Crippen LogP contribution in [0.3, 0.4) is 0 Å². The number of aromatic nitrogens is 2. The number of carbonyl (C=O) groups is 1. The number of rotatable bonds is 6. The highest BCUT2D eigenvalue weighted by molar-refractivity contribution is 5.77. The number of nitrogens with zero attached hydrogens (tertiary/aromatic N) is 4. The van der Waals surface area contributed by atoms with Gasteiger partial charge in [-0.25, -0.2) is 0 Å². The van der Waals surface area contributed by atoms with Gasteiger partial charge in [0.1, 0.15) is 12.7 Å². The van der Waals surface area contributed by atoms with Crippen LogP contribution in [0, 0.1) is 0 Å². The van der Waals surface area contributed by atoms with Gasteiger partial charge < -0.3 is 19.3 Å². The number of likely N-dealkylation sites (tertiary alicyclic amines) is 1. The highest BCUT2D eigenvalue weighted by Gasteiger charge is 2.27. The molecule has 0 aromatic carbocycles. The fraction of sp³-hybridized carbons (Fsp3) is 0.643. The van der Waals surface area contributed by atoms with Gasteiger partial charge in [0.05, 0.1) is 6.54 Å². The van der Waals surface area contributed by atoms with Gasteiger partial charge in [-0.15, -0.1) is 10.2 Å². The van der Waals surface area contributed by atoms with Crippen molar-refractivity contribution >= 4 is 11.7 Å². The van der Waals surface area contributed by atoms with Crippen molar-refractivity contribution in [3.8, 4) is 5.88 Å². The molecule has 1 saturated heterocycles. The average molecular weight is 294 g/mol. The standard InChI is InChI=1S/C14H22N4O3/c1-4-20-10-14(19)18-8-7-11(9-18)21-13-6-5-12(15-16-13)17(2)3/h5-6,11H,4,7-10H2,1-3H3. The van der Waals surface area contributed by atoms with Gasteiger partial charge in [0, 0.05) is 39.7 Å².